The smallest absolute Gasteiger partial charge is 0.262 e. The van der Waals surface area contributed by atoms with Crippen LogP contribution in [-0.4, -0.2) is 10.5 Å². The highest BCUT2D eigenvalue weighted by atomic mass is 19.1. The molecule has 4 rings (SSSR count). The molecule has 0 N–H and O–H groups in total. The second kappa shape index (κ2) is 5.09. The zero-order valence-corrected chi connectivity index (χ0v) is 12.2. The lowest BCUT2D eigenvalue weighted by Gasteiger charge is -2.15. The molecule has 22 heavy (non-hydrogen) atoms. The van der Waals surface area contributed by atoms with Crippen LogP contribution in [0.5, 0.6) is 0 Å². The van der Waals surface area contributed by atoms with Crippen LogP contribution in [-0.2, 0) is 12.8 Å². The number of hydrogen-bond donors (Lipinski definition) is 0. The Morgan fingerprint density at radius 2 is 1.68 bits per heavy atom. The molecule has 0 fully saturated rings. The number of carbonyl (C=O) groups is 1. The topological polar surface area (TPSA) is 22.0 Å². The van der Waals surface area contributed by atoms with E-state index in [4.69, 9.17) is 0 Å². The van der Waals surface area contributed by atoms with Crippen molar-refractivity contribution in [3.8, 4) is 0 Å². The van der Waals surface area contributed by atoms with Crippen LogP contribution >= 0.6 is 0 Å². The number of benzene rings is 2. The van der Waals surface area contributed by atoms with Gasteiger partial charge in [-0.3, -0.25) is 9.36 Å². The van der Waals surface area contributed by atoms with Gasteiger partial charge in [-0.15, -0.1) is 0 Å². The number of rotatable bonds is 1. The fourth-order valence-electron chi connectivity index (χ4n) is 3.45. The third-order valence-corrected chi connectivity index (χ3v) is 4.47. The Morgan fingerprint density at radius 1 is 0.955 bits per heavy atom. The molecule has 1 aliphatic rings. The summed E-state index contributed by atoms with van der Waals surface area (Å²) in [6.07, 6.45) is 4.24. The highest BCUT2D eigenvalue weighted by molar-refractivity contribution is 6.04. The molecule has 0 atom stereocenters. The highest BCUT2D eigenvalue weighted by Crippen LogP contribution is 2.32. The van der Waals surface area contributed by atoms with Gasteiger partial charge in [-0.25, -0.2) is 4.39 Å². The molecule has 2 aromatic carbocycles. The highest BCUT2D eigenvalue weighted by Gasteiger charge is 2.23. The summed E-state index contributed by atoms with van der Waals surface area (Å²) in [5.41, 5.74) is 3.92. The average Bonchev–Trinajstić information content (AvgIpc) is 2.89. The molecule has 2 nitrogen and oxygen atoms in total. The summed E-state index contributed by atoms with van der Waals surface area (Å²) in [5, 5.41) is 1.17. The van der Waals surface area contributed by atoms with Crippen molar-refractivity contribution < 1.29 is 9.18 Å². The lowest BCUT2D eigenvalue weighted by atomic mass is 9.95. The minimum Gasteiger partial charge on any atom is -0.280 e. The quantitative estimate of drug-likeness (QED) is 0.654. The van der Waals surface area contributed by atoms with E-state index in [1.165, 1.54) is 29.5 Å². The van der Waals surface area contributed by atoms with E-state index in [-0.39, 0.29) is 11.7 Å². The fourth-order valence-corrected chi connectivity index (χ4v) is 3.45. The third kappa shape index (κ3) is 1.97. The number of nitrogens with zero attached hydrogens (tertiary/aromatic N) is 1. The maximum absolute atomic E-state index is 13.1. The number of aromatic nitrogens is 1. The van der Waals surface area contributed by atoms with Crippen LogP contribution in [0, 0.1) is 5.82 Å². The number of hydrogen-bond acceptors (Lipinski definition) is 1. The van der Waals surface area contributed by atoms with E-state index in [2.05, 4.69) is 6.07 Å². The monoisotopic (exact) mass is 293 g/mol. The van der Waals surface area contributed by atoms with Gasteiger partial charge in [-0.05, 0) is 61.6 Å². The van der Waals surface area contributed by atoms with Crippen LogP contribution < -0.4 is 0 Å². The Hall–Kier alpha value is -2.42. The molecule has 3 heteroatoms. The summed E-state index contributed by atoms with van der Waals surface area (Å²) in [6.45, 7) is 0. The molecule has 1 aliphatic carbocycles. The van der Waals surface area contributed by atoms with E-state index in [1.807, 2.05) is 22.8 Å². The molecule has 0 amide bonds. The van der Waals surface area contributed by atoms with Crippen LogP contribution in [0.1, 0.15) is 34.5 Å². The van der Waals surface area contributed by atoms with Crippen molar-refractivity contribution in [3.63, 3.8) is 0 Å². The Bertz CT molecular complexity index is 861. The van der Waals surface area contributed by atoms with Gasteiger partial charge >= 0.3 is 0 Å². The molecule has 1 heterocycles. The van der Waals surface area contributed by atoms with Crippen molar-refractivity contribution in [2.75, 3.05) is 0 Å². The van der Waals surface area contributed by atoms with Crippen LogP contribution in [0.4, 0.5) is 4.39 Å². The van der Waals surface area contributed by atoms with E-state index < -0.39 is 0 Å². The maximum atomic E-state index is 13.1. The van der Waals surface area contributed by atoms with Crippen molar-refractivity contribution in [1.29, 1.82) is 0 Å². The minimum atomic E-state index is -0.323. The Kier molecular flexibility index (Phi) is 3.07. The Labute approximate surface area is 128 Å². The predicted molar refractivity (Wildman–Crippen MR) is 84.7 cm³/mol. The van der Waals surface area contributed by atoms with Crippen LogP contribution in [0.15, 0.2) is 48.5 Å². The van der Waals surface area contributed by atoms with E-state index in [0.29, 0.717) is 5.56 Å². The standard InChI is InChI=1S/C19H16FNO/c20-14-11-9-13(10-12-14)19(22)21-17-7-3-1-5-15(17)16-6-2-4-8-18(16)21/h1,3,5,7,9-12H,2,4,6,8H2. The van der Waals surface area contributed by atoms with Crippen molar-refractivity contribution in [2.24, 2.45) is 0 Å². The van der Waals surface area contributed by atoms with Gasteiger partial charge in [0, 0.05) is 16.6 Å². The first-order chi connectivity index (χ1) is 10.8. The summed E-state index contributed by atoms with van der Waals surface area (Å²) in [6, 6.07) is 13.9. The number of fused-ring (bicyclic) bond motifs is 3. The molecular formula is C19H16FNO. The SMILES string of the molecule is O=C(c1ccc(F)cc1)n1c2c(c3ccccc31)CCCC2. The van der Waals surface area contributed by atoms with E-state index in [1.54, 1.807) is 12.1 Å². The number of para-hydroxylation sites is 1. The summed E-state index contributed by atoms with van der Waals surface area (Å²) < 4.78 is 14.9. The molecule has 0 unspecified atom stereocenters. The second-order valence-electron chi connectivity index (χ2n) is 5.80. The van der Waals surface area contributed by atoms with Gasteiger partial charge < -0.3 is 0 Å². The van der Waals surface area contributed by atoms with Crippen LogP contribution in [0.3, 0.4) is 0 Å². The lowest BCUT2D eigenvalue weighted by molar-refractivity contribution is 0.0961. The van der Waals surface area contributed by atoms with Gasteiger partial charge in [0.05, 0.1) is 5.52 Å². The van der Waals surface area contributed by atoms with E-state index in [0.717, 1.165) is 30.5 Å². The normalized spacial score (nSPS) is 14.0. The molecule has 0 aliphatic heterocycles. The first-order valence-corrected chi connectivity index (χ1v) is 7.67. The lowest BCUT2D eigenvalue weighted by Crippen LogP contribution is -2.17. The minimum absolute atomic E-state index is 0.0700. The summed E-state index contributed by atoms with van der Waals surface area (Å²) in [7, 11) is 0. The molecule has 0 saturated heterocycles. The molecule has 0 radical (unpaired) electrons. The number of halogens is 1. The van der Waals surface area contributed by atoms with Gasteiger partial charge in [0.25, 0.3) is 5.91 Å². The first-order valence-electron chi connectivity index (χ1n) is 7.67. The fraction of sp³-hybridized carbons (Fsp3) is 0.211. The Morgan fingerprint density at radius 3 is 2.50 bits per heavy atom. The van der Waals surface area contributed by atoms with E-state index >= 15 is 0 Å². The molecule has 0 spiro atoms. The van der Waals surface area contributed by atoms with Crippen LogP contribution in [0.2, 0.25) is 0 Å². The van der Waals surface area contributed by atoms with Gasteiger partial charge in [-0.1, -0.05) is 18.2 Å². The molecule has 0 saturated carbocycles. The van der Waals surface area contributed by atoms with Gasteiger partial charge in [0.2, 0.25) is 0 Å². The summed E-state index contributed by atoms with van der Waals surface area (Å²) in [5.74, 6) is -0.393. The van der Waals surface area contributed by atoms with Gasteiger partial charge in [-0.2, -0.15) is 0 Å². The predicted octanol–water partition coefficient (Wildman–Crippen LogP) is 4.35. The summed E-state index contributed by atoms with van der Waals surface area (Å²) in [4.78, 5) is 12.9. The largest absolute Gasteiger partial charge is 0.280 e. The van der Waals surface area contributed by atoms with Crippen molar-refractivity contribution >= 4 is 16.8 Å². The molecule has 3 aromatic rings. The zero-order chi connectivity index (χ0) is 15.1. The maximum Gasteiger partial charge on any atom is 0.262 e. The van der Waals surface area contributed by atoms with Crippen LogP contribution in [0.25, 0.3) is 10.9 Å². The molecule has 110 valence electrons. The van der Waals surface area contributed by atoms with E-state index in [9.17, 15) is 9.18 Å². The van der Waals surface area contributed by atoms with Gasteiger partial charge in [0.15, 0.2) is 0 Å². The zero-order valence-electron chi connectivity index (χ0n) is 12.2. The van der Waals surface area contributed by atoms with Crippen molar-refractivity contribution in [2.45, 2.75) is 25.7 Å². The average molecular weight is 293 g/mol. The molecule has 1 aromatic heterocycles. The number of carbonyl (C=O) groups excluding carboxylic acids is 1. The second-order valence-corrected chi connectivity index (χ2v) is 5.80. The van der Waals surface area contributed by atoms with Crippen molar-refractivity contribution in [1.82, 2.24) is 4.57 Å². The first kappa shape index (κ1) is 13.3. The molecule has 0 bridgehead atoms. The van der Waals surface area contributed by atoms with Gasteiger partial charge in [0.1, 0.15) is 5.82 Å². The van der Waals surface area contributed by atoms with Crippen molar-refractivity contribution in [3.05, 3.63) is 71.2 Å². The third-order valence-electron chi connectivity index (χ3n) is 4.47. The summed E-state index contributed by atoms with van der Waals surface area (Å²) >= 11 is 0. The number of aryl methyl sites for hydroxylation is 1. The molecular weight excluding hydrogens is 277 g/mol. The Balaban J connectivity index is 1.94.